The molecule has 0 aliphatic carbocycles. The smallest absolute Gasteiger partial charge is 0.341 e. The highest BCUT2D eigenvalue weighted by Gasteiger charge is 2.22. The molecule has 0 aliphatic rings. The molecule has 0 saturated heterocycles. The van der Waals surface area contributed by atoms with Crippen molar-refractivity contribution in [2.45, 2.75) is 39.0 Å². The lowest BCUT2D eigenvalue weighted by atomic mass is 10.5. The molecule has 15 heavy (non-hydrogen) atoms. The minimum atomic E-state index is -1.57. The highest BCUT2D eigenvalue weighted by molar-refractivity contribution is 7.45. The molecule has 0 fully saturated rings. The second-order valence-corrected chi connectivity index (χ2v) is 11.1. The summed E-state index contributed by atoms with van der Waals surface area (Å²) in [6.45, 7) is 8.96. The molecule has 0 amide bonds. The van der Waals surface area contributed by atoms with Crippen molar-refractivity contribution >= 4 is 16.1 Å². The molecule has 90 valence electrons. The quantitative estimate of drug-likeness (QED) is 0.378. The number of rotatable bonds is 8. The largest absolute Gasteiger partial charge is 0.418 e. The van der Waals surface area contributed by atoms with Crippen LogP contribution < -0.4 is 0 Å². The van der Waals surface area contributed by atoms with Crippen molar-refractivity contribution < 1.29 is 13.7 Å². The molecule has 1 unspecified atom stereocenters. The van der Waals surface area contributed by atoms with Gasteiger partial charge in [-0.2, -0.15) is 0 Å². The molecular weight excluding hydrogens is 227 g/mol. The normalized spacial score (nSPS) is 13.3. The van der Waals surface area contributed by atoms with Crippen molar-refractivity contribution in [3.05, 3.63) is 0 Å². The van der Waals surface area contributed by atoms with Gasteiger partial charge < -0.3 is 9.16 Å². The van der Waals surface area contributed by atoms with Crippen LogP contribution in [0, 0.1) is 0 Å². The summed E-state index contributed by atoms with van der Waals surface area (Å²) in [4.78, 5) is 0. The standard InChI is InChI=1S/C10H24O3PSi/c1-10(2)14(11)8-6-7-13-9-15(4,5)12-3/h10H,6-9H2,1-5H3/q+1. The van der Waals surface area contributed by atoms with E-state index in [2.05, 4.69) is 13.1 Å². The summed E-state index contributed by atoms with van der Waals surface area (Å²) in [6.07, 6.45) is 2.39. The van der Waals surface area contributed by atoms with Crippen LogP contribution in [0.15, 0.2) is 0 Å². The highest BCUT2D eigenvalue weighted by Crippen LogP contribution is 2.27. The number of hydrogen-bond acceptors (Lipinski definition) is 3. The van der Waals surface area contributed by atoms with Gasteiger partial charge in [0.25, 0.3) is 0 Å². The first-order valence-corrected chi connectivity index (χ1v) is 10.1. The van der Waals surface area contributed by atoms with Gasteiger partial charge in [-0.1, -0.05) is 4.57 Å². The molecule has 0 aromatic heterocycles. The van der Waals surface area contributed by atoms with E-state index in [1.54, 1.807) is 7.11 Å². The van der Waals surface area contributed by atoms with Gasteiger partial charge in [-0.05, 0) is 26.9 Å². The van der Waals surface area contributed by atoms with Crippen LogP contribution in [0.25, 0.3) is 0 Å². The fraction of sp³-hybridized carbons (Fsp3) is 1.00. The monoisotopic (exact) mass is 251 g/mol. The third kappa shape index (κ3) is 8.09. The Morgan fingerprint density at radius 1 is 1.33 bits per heavy atom. The van der Waals surface area contributed by atoms with Crippen LogP contribution >= 0.6 is 7.80 Å². The van der Waals surface area contributed by atoms with E-state index in [4.69, 9.17) is 9.16 Å². The average molecular weight is 251 g/mol. The second-order valence-electron chi connectivity index (χ2n) is 4.60. The third-order valence-corrected chi connectivity index (χ3v) is 6.16. The maximum Gasteiger partial charge on any atom is 0.341 e. The zero-order valence-electron chi connectivity index (χ0n) is 10.6. The Labute approximate surface area is 95.5 Å². The van der Waals surface area contributed by atoms with E-state index in [-0.39, 0.29) is 0 Å². The molecule has 5 heteroatoms. The lowest BCUT2D eigenvalue weighted by Gasteiger charge is -2.19. The predicted molar refractivity (Wildman–Crippen MR) is 67.5 cm³/mol. The zero-order valence-corrected chi connectivity index (χ0v) is 12.5. The summed E-state index contributed by atoms with van der Waals surface area (Å²) in [5.41, 5.74) is 0.296. The van der Waals surface area contributed by atoms with Crippen molar-refractivity contribution in [2.75, 3.05) is 26.1 Å². The Morgan fingerprint density at radius 3 is 2.40 bits per heavy atom. The van der Waals surface area contributed by atoms with Gasteiger partial charge in [0.2, 0.25) is 8.32 Å². The van der Waals surface area contributed by atoms with Gasteiger partial charge in [-0.25, -0.2) is 0 Å². The van der Waals surface area contributed by atoms with Crippen molar-refractivity contribution in [1.29, 1.82) is 0 Å². The molecule has 0 aromatic carbocycles. The fourth-order valence-electron chi connectivity index (χ4n) is 0.958. The summed E-state index contributed by atoms with van der Waals surface area (Å²) in [5, 5.41) is 0. The topological polar surface area (TPSA) is 35.5 Å². The van der Waals surface area contributed by atoms with Gasteiger partial charge in [-0.3, -0.25) is 0 Å². The van der Waals surface area contributed by atoms with Crippen LogP contribution in [0.4, 0.5) is 0 Å². The first kappa shape index (κ1) is 15.2. The van der Waals surface area contributed by atoms with E-state index in [1.807, 2.05) is 13.8 Å². The Balaban J connectivity index is 3.44. The minimum Gasteiger partial charge on any atom is -0.418 e. The summed E-state index contributed by atoms with van der Waals surface area (Å²) < 4.78 is 22.3. The van der Waals surface area contributed by atoms with Crippen LogP contribution in [0.2, 0.25) is 13.1 Å². The Kier molecular flexibility index (Phi) is 7.62. The predicted octanol–water partition coefficient (Wildman–Crippen LogP) is 3.02. The van der Waals surface area contributed by atoms with Crippen molar-refractivity contribution in [3.8, 4) is 0 Å². The van der Waals surface area contributed by atoms with E-state index in [0.717, 1.165) is 18.8 Å². The number of ether oxygens (including phenoxy) is 1. The van der Waals surface area contributed by atoms with Crippen LogP contribution in [-0.2, 0) is 13.7 Å². The van der Waals surface area contributed by atoms with E-state index in [1.165, 1.54) is 0 Å². The zero-order chi connectivity index (χ0) is 11.9. The molecule has 0 spiro atoms. The van der Waals surface area contributed by atoms with E-state index in [0.29, 0.717) is 12.3 Å². The minimum absolute atomic E-state index is 0.296. The van der Waals surface area contributed by atoms with Gasteiger partial charge in [0.05, 0.1) is 12.8 Å². The summed E-state index contributed by atoms with van der Waals surface area (Å²) in [6, 6.07) is 0. The van der Waals surface area contributed by atoms with Gasteiger partial charge >= 0.3 is 7.80 Å². The first-order valence-electron chi connectivity index (χ1n) is 5.45. The third-order valence-electron chi connectivity index (χ3n) is 2.25. The molecule has 1 atom stereocenters. The molecule has 0 aromatic rings. The van der Waals surface area contributed by atoms with E-state index >= 15 is 0 Å². The van der Waals surface area contributed by atoms with Gasteiger partial charge in [-0.15, -0.1) is 0 Å². The molecular formula is C10H24O3PSi+. The molecule has 0 saturated carbocycles. The summed E-state index contributed by atoms with van der Waals surface area (Å²) in [5.74, 6) is 0. The van der Waals surface area contributed by atoms with Crippen LogP contribution in [0.1, 0.15) is 20.3 Å². The van der Waals surface area contributed by atoms with Gasteiger partial charge in [0, 0.05) is 13.5 Å². The summed E-state index contributed by atoms with van der Waals surface area (Å²) >= 11 is 0. The van der Waals surface area contributed by atoms with Crippen LogP contribution in [-0.4, -0.2) is 40.1 Å². The Hall–Kier alpha value is 0.237. The molecule has 0 heterocycles. The lowest BCUT2D eigenvalue weighted by molar-refractivity contribution is 0.160. The molecule has 0 radical (unpaired) electrons. The molecule has 0 rings (SSSR count). The molecule has 0 bridgehead atoms. The molecule has 0 aliphatic heterocycles. The maximum atomic E-state index is 11.4. The first-order chi connectivity index (χ1) is 6.89. The van der Waals surface area contributed by atoms with Crippen LogP contribution in [0.3, 0.4) is 0 Å². The van der Waals surface area contributed by atoms with Crippen molar-refractivity contribution in [1.82, 2.24) is 0 Å². The molecule has 0 N–H and O–H groups in total. The van der Waals surface area contributed by atoms with Crippen molar-refractivity contribution in [3.63, 3.8) is 0 Å². The fourth-order valence-corrected chi connectivity index (χ4v) is 2.67. The van der Waals surface area contributed by atoms with Crippen LogP contribution in [0.5, 0.6) is 0 Å². The average Bonchev–Trinajstić information content (AvgIpc) is 2.16. The van der Waals surface area contributed by atoms with Crippen molar-refractivity contribution in [2.24, 2.45) is 0 Å². The second kappa shape index (κ2) is 7.50. The Morgan fingerprint density at radius 2 is 1.93 bits per heavy atom. The molecule has 3 nitrogen and oxygen atoms in total. The van der Waals surface area contributed by atoms with E-state index < -0.39 is 16.1 Å². The summed E-state index contributed by atoms with van der Waals surface area (Å²) in [7, 11) is -0.868. The van der Waals surface area contributed by atoms with E-state index in [9.17, 15) is 4.57 Å². The number of hydrogen-bond donors (Lipinski definition) is 0. The van der Waals surface area contributed by atoms with Gasteiger partial charge in [0.15, 0.2) is 0 Å². The SMILES string of the molecule is CO[Si](C)(C)COCCC[P+](=O)C(C)C. The van der Waals surface area contributed by atoms with Gasteiger partial charge in [0.1, 0.15) is 11.8 Å². The maximum absolute atomic E-state index is 11.4. The highest BCUT2D eigenvalue weighted by atomic mass is 31.1. The Bertz CT molecular complexity index is 195. The lowest BCUT2D eigenvalue weighted by Crippen LogP contribution is -2.35.